The molecule has 0 aromatic carbocycles. The normalized spacial score (nSPS) is 12.9. The van der Waals surface area contributed by atoms with Gasteiger partial charge in [0.2, 0.25) is 14.8 Å². The minimum absolute atomic E-state index is 0.0828. The van der Waals surface area contributed by atoms with Gasteiger partial charge in [0.1, 0.15) is 12.1 Å². The number of halogens is 1. The third-order valence-corrected chi connectivity index (χ3v) is 2.00. The van der Waals surface area contributed by atoms with Crippen molar-refractivity contribution in [1.29, 1.82) is 0 Å². The fraction of sp³-hybridized carbons (Fsp3) is 0.429. The Morgan fingerprint density at radius 3 is 2.50 bits per heavy atom. The highest BCUT2D eigenvalue weighted by Gasteiger charge is 2.15. The molecule has 0 aromatic heterocycles. The monoisotopic (exact) mass is 237 g/mol. The third kappa shape index (κ3) is 4.88. The van der Waals surface area contributed by atoms with Crippen LogP contribution in [0.1, 0.15) is 0 Å². The predicted molar refractivity (Wildman–Crippen MR) is 56.0 cm³/mol. The summed E-state index contributed by atoms with van der Waals surface area (Å²) < 4.78 is 5.13. The molecule has 0 aliphatic rings. The molecule has 0 aliphatic carbocycles. The lowest BCUT2D eigenvalue weighted by Crippen LogP contribution is -2.14. The summed E-state index contributed by atoms with van der Waals surface area (Å²) >= 11 is 5.63. The SMILES string of the molecule is CON=C(C(=O)O)C(Cl)=CO[SiH](C)C. The summed E-state index contributed by atoms with van der Waals surface area (Å²) in [5.74, 6) is -1.26. The van der Waals surface area contributed by atoms with Crippen molar-refractivity contribution in [1.82, 2.24) is 0 Å². The Hall–Kier alpha value is -1.01. The lowest BCUT2D eigenvalue weighted by atomic mass is 10.4. The second-order valence-corrected chi connectivity index (χ2v) is 5.36. The first kappa shape index (κ1) is 13.0. The lowest BCUT2D eigenvalue weighted by molar-refractivity contribution is -0.129. The van der Waals surface area contributed by atoms with E-state index in [0.717, 1.165) is 0 Å². The Kier molecular flexibility index (Phi) is 5.98. The van der Waals surface area contributed by atoms with Crippen molar-refractivity contribution < 1.29 is 19.2 Å². The number of carboxylic acid groups (broad SMARTS) is 1. The second-order valence-electron chi connectivity index (χ2n) is 2.58. The van der Waals surface area contributed by atoms with Crippen LogP contribution in [0.4, 0.5) is 0 Å². The summed E-state index contributed by atoms with van der Waals surface area (Å²) in [4.78, 5) is 14.9. The van der Waals surface area contributed by atoms with Crippen LogP contribution >= 0.6 is 11.6 Å². The van der Waals surface area contributed by atoms with E-state index >= 15 is 0 Å². The quantitative estimate of drug-likeness (QED) is 0.337. The van der Waals surface area contributed by atoms with Crippen LogP contribution in [0, 0.1) is 0 Å². The van der Waals surface area contributed by atoms with Gasteiger partial charge in [0.15, 0.2) is 0 Å². The summed E-state index contributed by atoms with van der Waals surface area (Å²) in [6, 6.07) is 0. The summed E-state index contributed by atoms with van der Waals surface area (Å²) in [5, 5.41) is 11.8. The smallest absolute Gasteiger partial charge is 0.359 e. The molecule has 0 saturated carbocycles. The molecule has 0 radical (unpaired) electrons. The highest BCUT2D eigenvalue weighted by Crippen LogP contribution is 2.06. The molecule has 0 saturated heterocycles. The number of carboxylic acids is 1. The molecule has 14 heavy (non-hydrogen) atoms. The minimum Gasteiger partial charge on any atom is -0.551 e. The summed E-state index contributed by atoms with van der Waals surface area (Å²) in [6.07, 6.45) is 1.18. The molecule has 0 unspecified atom stereocenters. The molecule has 0 spiro atoms. The topological polar surface area (TPSA) is 68.1 Å². The van der Waals surface area contributed by atoms with Crippen LogP contribution in [0.3, 0.4) is 0 Å². The molecule has 0 atom stereocenters. The fourth-order valence-electron chi connectivity index (χ4n) is 0.528. The maximum atomic E-state index is 10.6. The minimum atomic E-state index is -1.27. The van der Waals surface area contributed by atoms with Gasteiger partial charge in [-0.3, -0.25) is 0 Å². The van der Waals surface area contributed by atoms with Crippen LogP contribution in [0.25, 0.3) is 0 Å². The Balaban J connectivity index is 4.60. The predicted octanol–water partition coefficient (Wildman–Crippen LogP) is 1.15. The fourth-order valence-corrected chi connectivity index (χ4v) is 1.19. The molecule has 7 heteroatoms. The largest absolute Gasteiger partial charge is 0.551 e. The third-order valence-electron chi connectivity index (χ3n) is 1.06. The van der Waals surface area contributed by atoms with Crippen molar-refractivity contribution in [2.45, 2.75) is 13.1 Å². The first-order valence-electron chi connectivity index (χ1n) is 3.85. The molecule has 5 nitrogen and oxygen atoms in total. The molecule has 0 aliphatic heterocycles. The van der Waals surface area contributed by atoms with Crippen molar-refractivity contribution in [3.05, 3.63) is 11.3 Å². The number of rotatable bonds is 5. The van der Waals surface area contributed by atoms with Crippen LogP contribution in [-0.4, -0.2) is 32.9 Å². The number of aliphatic carboxylic acids is 1. The Bertz CT molecular complexity index is 264. The van der Waals surface area contributed by atoms with Crippen molar-refractivity contribution in [2.75, 3.05) is 7.11 Å². The van der Waals surface area contributed by atoms with E-state index in [0.29, 0.717) is 0 Å². The van der Waals surface area contributed by atoms with Crippen LogP contribution in [-0.2, 0) is 14.1 Å². The van der Waals surface area contributed by atoms with Crippen LogP contribution < -0.4 is 0 Å². The highest BCUT2D eigenvalue weighted by atomic mass is 35.5. The van der Waals surface area contributed by atoms with Crippen LogP contribution in [0.15, 0.2) is 16.5 Å². The number of carbonyl (C=O) groups is 1. The average Bonchev–Trinajstić information content (AvgIpc) is 2.09. The van der Waals surface area contributed by atoms with E-state index in [9.17, 15) is 4.79 Å². The molecule has 0 rings (SSSR count). The van der Waals surface area contributed by atoms with Gasteiger partial charge in [0.05, 0.1) is 6.26 Å². The summed E-state index contributed by atoms with van der Waals surface area (Å²) in [6.45, 7) is 3.85. The maximum absolute atomic E-state index is 10.6. The molecule has 80 valence electrons. The van der Waals surface area contributed by atoms with Gasteiger partial charge in [-0.15, -0.1) is 0 Å². The number of oxime groups is 1. The number of hydrogen-bond donors (Lipinski definition) is 1. The molecule has 0 heterocycles. The van der Waals surface area contributed by atoms with Gasteiger partial charge < -0.3 is 14.4 Å². The van der Waals surface area contributed by atoms with E-state index in [1.54, 1.807) is 0 Å². The zero-order chi connectivity index (χ0) is 11.1. The van der Waals surface area contributed by atoms with E-state index < -0.39 is 15.0 Å². The summed E-state index contributed by atoms with van der Waals surface area (Å²) in [5.41, 5.74) is -0.371. The lowest BCUT2D eigenvalue weighted by Gasteiger charge is -2.03. The Morgan fingerprint density at radius 1 is 1.57 bits per heavy atom. The molecule has 0 bridgehead atoms. The van der Waals surface area contributed by atoms with Gasteiger partial charge in [0, 0.05) is 0 Å². The highest BCUT2D eigenvalue weighted by molar-refractivity contribution is 6.58. The Labute approximate surface area is 88.7 Å². The van der Waals surface area contributed by atoms with Crippen LogP contribution in [0.5, 0.6) is 0 Å². The molecule has 0 aromatic rings. The van der Waals surface area contributed by atoms with E-state index in [1.165, 1.54) is 13.4 Å². The van der Waals surface area contributed by atoms with E-state index in [1.807, 2.05) is 13.1 Å². The van der Waals surface area contributed by atoms with Crippen molar-refractivity contribution in [3.63, 3.8) is 0 Å². The van der Waals surface area contributed by atoms with Gasteiger partial charge in [-0.05, 0) is 13.1 Å². The molecule has 1 N–H and O–H groups in total. The van der Waals surface area contributed by atoms with Crippen molar-refractivity contribution in [3.8, 4) is 0 Å². The Morgan fingerprint density at radius 2 is 2.14 bits per heavy atom. The summed E-state index contributed by atoms with van der Waals surface area (Å²) in [7, 11) is -0.0275. The molecule has 0 amide bonds. The average molecular weight is 238 g/mol. The van der Waals surface area contributed by atoms with Crippen LogP contribution in [0.2, 0.25) is 13.1 Å². The van der Waals surface area contributed by atoms with Gasteiger partial charge in [-0.2, -0.15) is 0 Å². The maximum Gasteiger partial charge on any atom is 0.359 e. The van der Waals surface area contributed by atoms with Crippen molar-refractivity contribution in [2.24, 2.45) is 5.16 Å². The molecular formula is C7H12ClNO4Si. The molecule has 0 fully saturated rings. The zero-order valence-electron chi connectivity index (χ0n) is 8.15. The standard InChI is InChI=1S/C7H12ClNO4Si/c1-12-9-6(7(10)11)5(8)4-13-14(2)3/h4,14H,1-3H3,(H,10,11). The van der Waals surface area contributed by atoms with Gasteiger partial charge in [0.25, 0.3) is 0 Å². The van der Waals surface area contributed by atoms with E-state index in [2.05, 4.69) is 9.99 Å². The van der Waals surface area contributed by atoms with Gasteiger partial charge in [-0.1, -0.05) is 16.8 Å². The number of nitrogens with zero attached hydrogens (tertiary/aromatic N) is 1. The van der Waals surface area contributed by atoms with Gasteiger partial charge in [-0.25, -0.2) is 4.79 Å². The van der Waals surface area contributed by atoms with Gasteiger partial charge >= 0.3 is 5.97 Å². The molecular weight excluding hydrogens is 226 g/mol. The van der Waals surface area contributed by atoms with Crippen molar-refractivity contribution >= 4 is 32.3 Å². The van der Waals surface area contributed by atoms with E-state index in [-0.39, 0.29) is 10.7 Å². The zero-order valence-corrected chi connectivity index (χ0v) is 10.1. The first-order valence-corrected chi connectivity index (χ1v) is 7.00. The first-order chi connectivity index (χ1) is 6.49. The van der Waals surface area contributed by atoms with E-state index in [4.69, 9.17) is 21.1 Å². The number of hydrogen-bond acceptors (Lipinski definition) is 4. The second kappa shape index (κ2) is 6.44.